The zero-order chi connectivity index (χ0) is 25.5. The molecule has 2 aliphatic heterocycles. The lowest BCUT2D eigenvalue weighted by Gasteiger charge is -2.33. The highest BCUT2D eigenvalue weighted by atomic mass is 16.5. The normalized spacial score (nSPS) is 24.7. The molecule has 2 heterocycles. The summed E-state index contributed by atoms with van der Waals surface area (Å²) in [6.45, 7) is 4.92. The fourth-order valence-corrected chi connectivity index (χ4v) is 4.39. The largest absolute Gasteiger partial charge is 0.491 e. The van der Waals surface area contributed by atoms with Crippen molar-refractivity contribution >= 4 is 23.6 Å². The second kappa shape index (κ2) is 12.0. The summed E-state index contributed by atoms with van der Waals surface area (Å²) in [6.07, 6.45) is 0.688. The zero-order valence-corrected chi connectivity index (χ0v) is 20.7. The summed E-state index contributed by atoms with van der Waals surface area (Å²) in [5, 5.41) is 15.5. The SMILES string of the molecule is CC(C)C[C@@H]1NC(=O)C[C@@H](C(=O)N2CCCC(O)C2)NC(=O)c2ccccc2OCCN(C)C1=O. The van der Waals surface area contributed by atoms with E-state index in [4.69, 9.17) is 4.74 Å². The summed E-state index contributed by atoms with van der Waals surface area (Å²) < 4.78 is 5.81. The number of amides is 4. The number of carbonyl (C=O) groups is 4. The minimum Gasteiger partial charge on any atom is -0.491 e. The van der Waals surface area contributed by atoms with Gasteiger partial charge in [-0.3, -0.25) is 19.2 Å². The van der Waals surface area contributed by atoms with Gasteiger partial charge in [0.2, 0.25) is 17.7 Å². The summed E-state index contributed by atoms with van der Waals surface area (Å²) >= 11 is 0. The molecule has 4 amide bonds. The van der Waals surface area contributed by atoms with Gasteiger partial charge in [-0.2, -0.15) is 0 Å². The van der Waals surface area contributed by atoms with E-state index in [1.165, 1.54) is 9.80 Å². The van der Waals surface area contributed by atoms with Crippen LogP contribution in [-0.4, -0.2) is 90.0 Å². The van der Waals surface area contributed by atoms with Gasteiger partial charge in [0.25, 0.3) is 5.91 Å². The number of likely N-dealkylation sites (N-methyl/N-ethyl adjacent to an activating group) is 1. The Bertz CT molecular complexity index is 936. The van der Waals surface area contributed by atoms with Crippen LogP contribution in [0.5, 0.6) is 5.75 Å². The Labute approximate surface area is 206 Å². The van der Waals surface area contributed by atoms with E-state index in [0.717, 1.165) is 0 Å². The van der Waals surface area contributed by atoms with E-state index >= 15 is 0 Å². The van der Waals surface area contributed by atoms with Gasteiger partial charge in [-0.25, -0.2) is 0 Å². The maximum atomic E-state index is 13.3. The molecular formula is C25H36N4O6. The number of nitrogens with one attached hydrogen (secondary N) is 2. The number of fused-ring (bicyclic) bond motifs is 1. The van der Waals surface area contributed by atoms with Gasteiger partial charge in [0.15, 0.2) is 0 Å². The first-order valence-electron chi connectivity index (χ1n) is 12.2. The molecule has 1 saturated heterocycles. The standard InChI is InChI=1S/C25H36N4O6/c1-16(2)13-19-24(33)28(3)11-12-35-21-9-5-4-8-18(21)23(32)27-20(14-22(31)26-19)25(34)29-10-6-7-17(30)15-29/h4-5,8-9,16-17,19-20,30H,6-7,10-15H2,1-3H3,(H,26,31)(H,27,32)/t17?,19-,20-/m0/s1. The lowest BCUT2D eigenvalue weighted by atomic mass is 10.0. The molecule has 0 aromatic heterocycles. The minimum absolute atomic E-state index is 0.145. The van der Waals surface area contributed by atoms with E-state index in [-0.39, 0.29) is 43.5 Å². The lowest BCUT2D eigenvalue weighted by molar-refractivity contribution is -0.139. The first kappa shape index (κ1) is 26.5. The molecule has 0 saturated carbocycles. The lowest BCUT2D eigenvalue weighted by Crippen LogP contribution is -2.55. The van der Waals surface area contributed by atoms with Crippen molar-refractivity contribution in [2.75, 3.05) is 33.3 Å². The fraction of sp³-hybridized carbons (Fsp3) is 0.600. The summed E-state index contributed by atoms with van der Waals surface area (Å²) in [5.74, 6) is -1.26. The third-order valence-corrected chi connectivity index (χ3v) is 6.23. The van der Waals surface area contributed by atoms with E-state index in [9.17, 15) is 24.3 Å². The smallest absolute Gasteiger partial charge is 0.255 e. The molecule has 0 radical (unpaired) electrons. The highest BCUT2D eigenvalue weighted by Gasteiger charge is 2.33. The van der Waals surface area contributed by atoms with E-state index < -0.39 is 35.9 Å². The van der Waals surface area contributed by atoms with Crippen molar-refractivity contribution in [1.82, 2.24) is 20.4 Å². The highest BCUT2D eigenvalue weighted by molar-refractivity contribution is 6.01. The van der Waals surface area contributed by atoms with Crippen molar-refractivity contribution in [3.63, 3.8) is 0 Å². The number of likely N-dealkylation sites (tertiary alicyclic amines) is 1. The molecule has 3 rings (SSSR count). The van der Waals surface area contributed by atoms with Gasteiger partial charge in [0.1, 0.15) is 24.4 Å². The predicted molar refractivity (Wildman–Crippen MR) is 129 cm³/mol. The molecule has 35 heavy (non-hydrogen) atoms. The Morgan fingerprint density at radius 2 is 1.91 bits per heavy atom. The van der Waals surface area contributed by atoms with Crippen LogP contribution < -0.4 is 15.4 Å². The number of aliphatic hydroxyl groups is 1. The number of ether oxygens (including phenoxy) is 1. The second-order valence-corrected chi connectivity index (χ2v) is 9.66. The van der Waals surface area contributed by atoms with Crippen molar-refractivity contribution in [1.29, 1.82) is 0 Å². The number of rotatable bonds is 3. The van der Waals surface area contributed by atoms with Crippen LogP contribution in [-0.2, 0) is 14.4 Å². The number of piperidine rings is 1. The van der Waals surface area contributed by atoms with Crippen molar-refractivity contribution in [2.45, 2.75) is 57.7 Å². The number of carbonyl (C=O) groups excluding carboxylic acids is 4. The molecule has 1 fully saturated rings. The van der Waals surface area contributed by atoms with Crippen molar-refractivity contribution in [2.24, 2.45) is 5.92 Å². The van der Waals surface area contributed by atoms with Crippen LogP contribution in [0.25, 0.3) is 0 Å². The molecule has 10 nitrogen and oxygen atoms in total. The molecule has 1 aromatic carbocycles. The van der Waals surface area contributed by atoms with E-state index in [1.54, 1.807) is 31.3 Å². The summed E-state index contributed by atoms with van der Waals surface area (Å²) in [7, 11) is 1.64. The fourth-order valence-electron chi connectivity index (χ4n) is 4.39. The Morgan fingerprint density at radius 3 is 2.63 bits per heavy atom. The summed E-state index contributed by atoms with van der Waals surface area (Å²) in [5.41, 5.74) is 0.230. The van der Waals surface area contributed by atoms with Gasteiger partial charge in [0, 0.05) is 20.1 Å². The van der Waals surface area contributed by atoms with Crippen LogP contribution in [0.1, 0.15) is 49.9 Å². The molecule has 3 atom stereocenters. The monoisotopic (exact) mass is 488 g/mol. The Hall–Kier alpha value is -3.14. The second-order valence-electron chi connectivity index (χ2n) is 9.66. The molecule has 0 aliphatic carbocycles. The van der Waals surface area contributed by atoms with Crippen molar-refractivity contribution in [3.05, 3.63) is 29.8 Å². The molecule has 3 N–H and O–H groups in total. The maximum absolute atomic E-state index is 13.3. The number of para-hydroxylation sites is 1. The first-order chi connectivity index (χ1) is 16.7. The van der Waals surface area contributed by atoms with Crippen molar-refractivity contribution in [3.8, 4) is 5.75 Å². The molecule has 0 bridgehead atoms. The molecule has 1 unspecified atom stereocenters. The number of nitrogens with zero attached hydrogens (tertiary/aromatic N) is 2. The average molecular weight is 489 g/mol. The predicted octanol–water partition coefficient (Wildman–Crippen LogP) is 0.540. The highest BCUT2D eigenvalue weighted by Crippen LogP contribution is 2.20. The average Bonchev–Trinajstić information content (AvgIpc) is 2.81. The van der Waals surface area contributed by atoms with Gasteiger partial charge < -0.3 is 30.3 Å². The van der Waals surface area contributed by atoms with Gasteiger partial charge in [-0.05, 0) is 37.3 Å². The van der Waals surface area contributed by atoms with Gasteiger partial charge in [-0.1, -0.05) is 26.0 Å². The van der Waals surface area contributed by atoms with Crippen LogP contribution in [0.2, 0.25) is 0 Å². The number of hydrogen-bond acceptors (Lipinski definition) is 6. The van der Waals surface area contributed by atoms with Crippen LogP contribution in [0.3, 0.4) is 0 Å². The van der Waals surface area contributed by atoms with Crippen LogP contribution >= 0.6 is 0 Å². The third-order valence-electron chi connectivity index (χ3n) is 6.23. The van der Waals surface area contributed by atoms with Gasteiger partial charge in [0.05, 0.1) is 24.6 Å². The van der Waals surface area contributed by atoms with Gasteiger partial charge in [-0.15, -0.1) is 0 Å². The maximum Gasteiger partial charge on any atom is 0.255 e. The quantitative estimate of drug-likeness (QED) is 0.570. The molecule has 0 spiro atoms. The molecular weight excluding hydrogens is 452 g/mol. The third kappa shape index (κ3) is 7.17. The van der Waals surface area contributed by atoms with E-state index in [1.807, 2.05) is 13.8 Å². The molecule has 1 aromatic rings. The molecule has 192 valence electrons. The minimum atomic E-state index is -1.16. The van der Waals surface area contributed by atoms with E-state index in [2.05, 4.69) is 10.6 Å². The number of benzene rings is 1. The van der Waals surface area contributed by atoms with Crippen LogP contribution in [0.4, 0.5) is 0 Å². The van der Waals surface area contributed by atoms with Gasteiger partial charge >= 0.3 is 0 Å². The Morgan fingerprint density at radius 1 is 1.17 bits per heavy atom. The topological polar surface area (TPSA) is 128 Å². The Kier molecular flexibility index (Phi) is 9.08. The number of aliphatic hydroxyl groups excluding tert-OH is 1. The summed E-state index contributed by atoms with van der Waals surface area (Å²) in [6, 6.07) is 4.72. The molecule has 10 heteroatoms. The van der Waals surface area contributed by atoms with E-state index in [0.29, 0.717) is 31.6 Å². The van der Waals surface area contributed by atoms with Crippen molar-refractivity contribution < 1.29 is 29.0 Å². The molecule has 2 aliphatic rings. The number of β-amino-alcohol motifs (C(OH)–C–C–N with tert-alkyl or cyclic N) is 1. The first-order valence-corrected chi connectivity index (χ1v) is 12.2. The zero-order valence-electron chi connectivity index (χ0n) is 20.7. The van der Waals surface area contributed by atoms with Crippen LogP contribution in [0, 0.1) is 5.92 Å². The summed E-state index contributed by atoms with van der Waals surface area (Å²) in [4.78, 5) is 55.6. The Balaban J connectivity index is 1.91. The van der Waals surface area contributed by atoms with Crippen LogP contribution in [0.15, 0.2) is 24.3 Å². The number of hydrogen-bond donors (Lipinski definition) is 3.